The Hall–Kier alpha value is -2.47. The number of likely N-dealkylation sites (N-methyl/N-ethyl adjacent to an activating group) is 1. The van der Waals surface area contributed by atoms with Gasteiger partial charge in [-0.15, -0.1) is 0 Å². The van der Waals surface area contributed by atoms with Crippen LogP contribution in [0.2, 0.25) is 0 Å². The van der Waals surface area contributed by atoms with Crippen LogP contribution in [0, 0.1) is 0 Å². The van der Waals surface area contributed by atoms with Gasteiger partial charge >= 0.3 is 0 Å². The number of aryl methyl sites for hydroxylation is 1. The maximum absolute atomic E-state index is 12.9. The first-order valence-electron chi connectivity index (χ1n) is 11.7. The summed E-state index contributed by atoms with van der Waals surface area (Å²) in [6, 6.07) is 12.1. The fraction of sp³-hybridized carbons (Fsp3) is 0.560. The lowest BCUT2D eigenvalue weighted by Crippen LogP contribution is -2.44. The summed E-state index contributed by atoms with van der Waals surface area (Å²) in [6.45, 7) is 3.54. The van der Waals surface area contributed by atoms with Gasteiger partial charge in [0.1, 0.15) is 5.82 Å². The van der Waals surface area contributed by atoms with Crippen molar-refractivity contribution in [2.75, 3.05) is 33.2 Å². The summed E-state index contributed by atoms with van der Waals surface area (Å²) in [6.07, 6.45) is 7.08. The second-order valence-corrected chi connectivity index (χ2v) is 9.05. The molecule has 0 radical (unpaired) electrons. The molecule has 0 bridgehead atoms. The van der Waals surface area contributed by atoms with Gasteiger partial charge in [-0.3, -0.25) is 19.1 Å². The van der Waals surface area contributed by atoms with Crippen LogP contribution in [0.25, 0.3) is 0 Å². The Balaban J connectivity index is 1.36. The number of nitrogens with zero attached hydrogens (tertiary/aromatic N) is 4. The van der Waals surface area contributed by atoms with E-state index >= 15 is 0 Å². The zero-order valence-corrected chi connectivity index (χ0v) is 18.6. The largest absolute Gasteiger partial charge is 0.341 e. The molecule has 6 heteroatoms. The molecule has 1 amide bonds. The smallest absolute Gasteiger partial charge is 0.253 e. The Morgan fingerprint density at radius 1 is 1.13 bits per heavy atom. The predicted molar refractivity (Wildman–Crippen MR) is 122 cm³/mol. The molecule has 0 spiro atoms. The average molecular weight is 423 g/mol. The predicted octanol–water partition coefficient (Wildman–Crippen LogP) is 2.85. The molecular weight excluding hydrogens is 388 g/mol. The Morgan fingerprint density at radius 3 is 2.81 bits per heavy atom. The maximum Gasteiger partial charge on any atom is 0.253 e. The summed E-state index contributed by atoms with van der Waals surface area (Å²) in [4.78, 5) is 34.6. The van der Waals surface area contributed by atoms with E-state index in [1.807, 2.05) is 22.6 Å². The molecule has 1 atom stereocenters. The molecule has 166 valence electrons. The van der Waals surface area contributed by atoms with Crippen LogP contribution in [0.3, 0.4) is 0 Å². The number of piperidine rings is 1. The number of carbonyl (C=O) groups is 1. The SMILES string of the molecule is CN(CCc1ccccc1)CC(=O)N1CCC[C@H](c2cc(=O)n3c(n2)CCCCC3)C1. The van der Waals surface area contributed by atoms with E-state index in [1.54, 1.807) is 6.07 Å². The van der Waals surface area contributed by atoms with Gasteiger partial charge in [0, 0.05) is 44.6 Å². The highest BCUT2D eigenvalue weighted by Crippen LogP contribution is 2.26. The highest BCUT2D eigenvalue weighted by Gasteiger charge is 2.27. The quantitative estimate of drug-likeness (QED) is 0.718. The van der Waals surface area contributed by atoms with E-state index < -0.39 is 0 Å². The lowest BCUT2D eigenvalue weighted by Gasteiger charge is -2.33. The number of hydrogen-bond acceptors (Lipinski definition) is 4. The van der Waals surface area contributed by atoms with Crippen LogP contribution in [-0.2, 0) is 24.2 Å². The van der Waals surface area contributed by atoms with E-state index in [-0.39, 0.29) is 17.4 Å². The van der Waals surface area contributed by atoms with Crippen molar-refractivity contribution in [3.05, 3.63) is 63.8 Å². The fourth-order valence-corrected chi connectivity index (χ4v) is 4.76. The summed E-state index contributed by atoms with van der Waals surface area (Å²) >= 11 is 0. The third kappa shape index (κ3) is 5.62. The van der Waals surface area contributed by atoms with Crippen molar-refractivity contribution in [3.63, 3.8) is 0 Å². The van der Waals surface area contributed by atoms with Crippen LogP contribution in [0.5, 0.6) is 0 Å². The second-order valence-electron chi connectivity index (χ2n) is 9.05. The molecular formula is C25H34N4O2. The highest BCUT2D eigenvalue weighted by atomic mass is 16.2. The molecule has 1 saturated heterocycles. The minimum absolute atomic E-state index is 0.0750. The molecule has 1 fully saturated rings. The topological polar surface area (TPSA) is 58.4 Å². The normalized spacial score (nSPS) is 19.2. The third-order valence-corrected chi connectivity index (χ3v) is 6.61. The van der Waals surface area contributed by atoms with Gasteiger partial charge in [0.25, 0.3) is 5.56 Å². The van der Waals surface area contributed by atoms with Gasteiger partial charge in [-0.2, -0.15) is 0 Å². The van der Waals surface area contributed by atoms with Crippen LogP contribution < -0.4 is 5.56 Å². The summed E-state index contributed by atoms with van der Waals surface area (Å²) in [5, 5.41) is 0. The van der Waals surface area contributed by atoms with Crippen LogP contribution >= 0.6 is 0 Å². The molecule has 0 saturated carbocycles. The Bertz CT molecular complexity index is 940. The summed E-state index contributed by atoms with van der Waals surface area (Å²) in [5.41, 5.74) is 2.25. The van der Waals surface area contributed by atoms with Gasteiger partial charge in [-0.1, -0.05) is 36.8 Å². The van der Waals surface area contributed by atoms with Crippen molar-refractivity contribution in [1.82, 2.24) is 19.4 Å². The van der Waals surface area contributed by atoms with Crippen molar-refractivity contribution < 1.29 is 4.79 Å². The standard InChI is InChI=1S/C25H34N4O2/c1-27(16-13-20-9-4-2-5-10-20)19-25(31)28-14-8-11-21(18-28)22-17-24(30)29-15-7-3-6-12-23(29)26-22/h2,4-5,9-10,17,21H,3,6-8,11-16,18-19H2,1H3/t21-/m0/s1. The molecule has 2 aliphatic rings. The number of rotatable bonds is 6. The van der Waals surface area contributed by atoms with Crippen LogP contribution in [-0.4, -0.2) is 58.5 Å². The van der Waals surface area contributed by atoms with Crippen molar-refractivity contribution >= 4 is 5.91 Å². The molecule has 0 N–H and O–H groups in total. The monoisotopic (exact) mass is 422 g/mol. The molecule has 4 rings (SSSR count). The first kappa shape index (κ1) is 21.8. The minimum atomic E-state index is 0.0750. The molecule has 6 nitrogen and oxygen atoms in total. The fourth-order valence-electron chi connectivity index (χ4n) is 4.76. The van der Waals surface area contributed by atoms with Crippen molar-refractivity contribution in [1.29, 1.82) is 0 Å². The molecule has 1 aromatic carbocycles. The van der Waals surface area contributed by atoms with Gasteiger partial charge in [0.2, 0.25) is 5.91 Å². The van der Waals surface area contributed by atoms with Crippen LogP contribution in [0.1, 0.15) is 55.1 Å². The summed E-state index contributed by atoms with van der Waals surface area (Å²) < 4.78 is 1.85. The Labute approximate surface area is 184 Å². The van der Waals surface area contributed by atoms with E-state index in [1.165, 1.54) is 5.56 Å². The van der Waals surface area contributed by atoms with Gasteiger partial charge in [0.15, 0.2) is 0 Å². The first-order valence-corrected chi connectivity index (χ1v) is 11.7. The zero-order chi connectivity index (χ0) is 21.6. The van der Waals surface area contributed by atoms with Gasteiger partial charge < -0.3 is 4.90 Å². The van der Waals surface area contributed by atoms with E-state index in [9.17, 15) is 9.59 Å². The highest BCUT2D eigenvalue weighted by molar-refractivity contribution is 5.78. The number of amides is 1. The van der Waals surface area contributed by atoms with Crippen LogP contribution in [0.4, 0.5) is 0 Å². The molecule has 2 aromatic rings. The number of carbonyl (C=O) groups excluding carboxylic acids is 1. The lowest BCUT2D eigenvalue weighted by molar-refractivity contribution is -0.133. The zero-order valence-electron chi connectivity index (χ0n) is 18.6. The first-order chi connectivity index (χ1) is 15.1. The number of likely N-dealkylation sites (tertiary alicyclic amines) is 1. The lowest BCUT2D eigenvalue weighted by atomic mass is 9.94. The number of fused-ring (bicyclic) bond motifs is 1. The van der Waals surface area contributed by atoms with Crippen molar-refractivity contribution in [3.8, 4) is 0 Å². The average Bonchev–Trinajstić information content (AvgIpc) is 3.04. The summed E-state index contributed by atoms with van der Waals surface area (Å²) in [7, 11) is 2.01. The maximum atomic E-state index is 12.9. The minimum Gasteiger partial charge on any atom is -0.341 e. The molecule has 31 heavy (non-hydrogen) atoms. The van der Waals surface area contributed by atoms with Crippen molar-refractivity contribution in [2.24, 2.45) is 0 Å². The van der Waals surface area contributed by atoms with Gasteiger partial charge in [-0.25, -0.2) is 4.98 Å². The van der Waals surface area contributed by atoms with Gasteiger partial charge in [-0.05, 0) is 44.7 Å². The van der Waals surface area contributed by atoms with Crippen LogP contribution in [0.15, 0.2) is 41.2 Å². The van der Waals surface area contributed by atoms with E-state index in [0.717, 1.165) is 76.1 Å². The number of hydrogen-bond donors (Lipinski definition) is 0. The molecule has 1 aromatic heterocycles. The third-order valence-electron chi connectivity index (χ3n) is 6.61. The number of benzene rings is 1. The molecule has 2 aliphatic heterocycles. The Morgan fingerprint density at radius 2 is 1.97 bits per heavy atom. The molecule has 0 unspecified atom stereocenters. The second kappa shape index (κ2) is 10.2. The van der Waals surface area contributed by atoms with E-state index in [4.69, 9.17) is 4.98 Å². The molecule has 3 heterocycles. The molecule has 0 aliphatic carbocycles. The number of aromatic nitrogens is 2. The van der Waals surface area contributed by atoms with E-state index in [0.29, 0.717) is 13.1 Å². The van der Waals surface area contributed by atoms with E-state index in [2.05, 4.69) is 29.2 Å². The summed E-state index contributed by atoms with van der Waals surface area (Å²) in [5.74, 6) is 1.27. The Kier molecular flexibility index (Phi) is 7.17. The van der Waals surface area contributed by atoms with Crippen molar-refractivity contribution in [2.45, 2.75) is 57.4 Å². The van der Waals surface area contributed by atoms with Gasteiger partial charge in [0.05, 0.1) is 12.2 Å².